The van der Waals surface area contributed by atoms with Crippen LogP contribution in [0.5, 0.6) is 5.75 Å². The number of nitro groups is 1. The van der Waals surface area contributed by atoms with E-state index in [0.29, 0.717) is 0 Å². The lowest BCUT2D eigenvalue weighted by Gasteiger charge is -1.93. The van der Waals surface area contributed by atoms with Gasteiger partial charge in [0.2, 0.25) is 11.1 Å². The molecular weight excluding hydrogens is 174 g/mol. The van der Waals surface area contributed by atoms with Crippen LogP contribution in [-0.2, 0) is 0 Å². The van der Waals surface area contributed by atoms with Gasteiger partial charge >= 0.3 is 5.69 Å². The van der Waals surface area contributed by atoms with E-state index in [9.17, 15) is 10.1 Å². The van der Waals surface area contributed by atoms with Crippen LogP contribution in [0.2, 0.25) is 0 Å². The predicted molar refractivity (Wildman–Crippen MR) is 44.4 cm³/mol. The van der Waals surface area contributed by atoms with Crippen LogP contribution in [-0.4, -0.2) is 12.0 Å². The van der Waals surface area contributed by atoms with Gasteiger partial charge in [-0.3, -0.25) is 10.1 Å². The Bertz CT molecular complexity index is 383. The molecule has 0 N–H and O–H groups in total. The molecule has 0 aliphatic rings. The summed E-state index contributed by atoms with van der Waals surface area (Å²) in [6.07, 6.45) is 0. The lowest BCUT2D eigenvalue weighted by molar-refractivity contribution is -0.384. The fourth-order valence-corrected chi connectivity index (χ4v) is 0.870. The van der Waals surface area contributed by atoms with E-state index in [1.165, 1.54) is 19.2 Å². The minimum Gasteiger partial charge on any atom is -0.489 e. The smallest absolute Gasteiger partial charge is 0.433 e. The standard InChI is InChI=1S/C7H6N3O3/c1-13-7-3-2-5(10(11)12)4-6(7)9-8/h2-4H,1H3/q+1. The van der Waals surface area contributed by atoms with Gasteiger partial charge in [-0.1, -0.05) is 0 Å². The maximum Gasteiger partial charge on any atom is 0.433 e. The molecule has 0 radical (unpaired) electrons. The number of nitro benzene ring substituents is 1. The molecule has 0 aromatic heterocycles. The maximum atomic E-state index is 10.3. The normalized spacial score (nSPS) is 8.92. The lowest BCUT2D eigenvalue weighted by atomic mass is 10.2. The highest BCUT2D eigenvalue weighted by Crippen LogP contribution is 2.30. The minimum atomic E-state index is -0.575. The Morgan fingerprint density at radius 1 is 1.62 bits per heavy atom. The summed E-state index contributed by atoms with van der Waals surface area (Å²) in [5.41, 5.74) is -0.106. The molecule has 0 spiro atoms. The molecule has 0 aliphatic carbocycles. The molecule has 66 valence electrons. The first kappa shape index (κ1) is 8.93. The molecule has 0 aliphatic heterocycles. The van der Waals surface area contributed by atoms with Gasteiger partial charge in [-0.25, -0.2) is 0 Å². The number of hydrogen-bond donors (Lipinski definition) is 0. The van der Waals surface area contributed by atoms with Gasteiger partial charge in [-0.05, 0) is 6.07 Å². The zero-order chi connectivity index (χ0) is 9.84. The van der Waals surface area contributed by atoms with Gasteiger partial charge in [0.15, 0.2) is 4.98 Å². The molecule has 1 aromatic rings. The summed E-state index contributed by atoms with van der Waals surface area (Å²) in [4.78, 5) is 12.6. The van der Waals surface area contributed by atoms with E-state index in [2.05, 4.69) is 4.98 Å². The first-order valence-corrected chi connectivity index (χ1v) is 3.36. The lowest BCUT2D eigenvalue weighted by Crippen LogP contribution is -1.88. The van der Waals surface area contributed by atoms with Crippen LogP contribution < -0.4 is 4.74 Å². The summed E-state index contributed by atoms with van der Waals surface area (Å²) < 4.78 is 4.79. The molecule has 0 unspecified atom stereocenters. The largest absolute Gasteiger partial charge is 0.489 e. The topological polar surface area (TPSA) is 80.5 Å². The van der Waals surface area contributed by atoms with Gasteiger partial charge < -0.3 is 4.74 Å². The molecule has 0 fully saturated rings. The summed E-state index contributed by atoms with van der Waals surface area (Å²) in [7, 11) is 1.38. The van der Waals surface area contributed by atoms with Crippen molar-refractivity contribution < 1.29 is 9.66 Å². The Hall–Kier alpha value is -2.16. The molecule has 0 saturated carbocycles. The van der Waals surface area contributed by atoms with Gasteiger partial charge in [0.05, 0.1) is 12.0 Å². The Morgan fingerprint density at radius 2 is 2.31 bits per heavy atom. The molecular formula is C7H6N3O3+. The van der Waals surface area contributed by atoms with Crippen LogP contribution in [0.25, 0.3) is 4.98 Å². The highest BCUT2D eigenvalue weighted by Gasteiger charge is 2.19. The molecule has 1 rings (SSSR count). The van der Waals surface area contributed by atoms with Gasteiger partial charge in [0.1, 0.15) is 6.07 Å². The number of benzene rings is 1. The van der Waals surface area contributed by atoms with Crippen LogP contribution in [0.3, 0.4) is 0 Å². The third-order valence-corrected chi connectivity index (χ3v) is 1.48. The molecule has 0 atom stereocenters. The van der Waals surface area contributed by atoms with E-state index >= 15 is 0 Å². The van der Waals surface area contributed by atoms with Crippen molar-refractivity contribution in [1.82, 2.24) is 0 Å². The first-order chi connectivity index (χ1) is 6.19. The highest BCUT2D eigenvalue weighted by molar-refractivity contribution is 5.61. The third-order valence-electron chi connectivity index (χ3n) is 1.48. The molecule has 0 amide bonds. The van der Waals surface area contributed by atoms with Crippen LogP contribution in [0.1, 0.15) is 0 Å². The third kappa shape index (κ3) is 1.70. The fraction of sp³-hybridized carbons (Fsp3) is 0.143. The number of hydrogen-bond acceptors (Lipinski definition) is 4. The number of diazo groups is 1. The maximum absolute atomic E-state index is 10.3. The minimum absolute atomic E-state index is 0.0386. The van der Waals surface area contributed by atoms with Gasteiger partial charge in [-0.2, -0.15) is 0 Å². The van der Waals surface area contributed by atoms with Crippen molar-refractivity contribution in [3.8, 4) is 5.75 Å². The van der Waals surface area contributed by atoms with Crippen LogP contribution in [0.4, 0.5) is 11.4 Å². The van der Waals surface area contributed by atoms with E-state index in [-0.39, 0.29) is 17.1 Å². The summed E-state index contributed by atoms with van der Waals surface area (Å²) in [5, 5.41) is 18.8. The molecule has 0 saturated heterocycles. The van der Waals surface area contributed by atoms with E-state index < -0.39 is 4.92 Å². The number of non-ortho nitro benzene ring substituents is 1. The Balaban J connectivity index is 3.23. The first-order valence-electron chi connectivity index (χ1n) is 3.36. The molecule has 13 heavy (non-hydrogen) atoms. The number of rotatable bonds is 2. The molecule has 0 bridgehead atoms. The number of ether oxygens (including phenoxy) is 1. The van der Waals surface area contributed by atoms with Crippen molar-refractivity contribution in [2.24, 2.45) is 0 Å². The SMILES string of the molecule is COc1ccc([N+](=O)[O-])cc1[N+]#N. The molecule has 0 heterocycles. The average molecular weight is 180 g/mol. The summed E-state index contributed by atoms with van der Waals surface area (Å²) >= 11 is 0. The van der Waals surface area contributed by atoms with E-state index in [1.54, 1.807) is 0 Å². The van der Waals surface area contributed by atoms with Crippen LogP contribution in [0.15, 0.2) is 18.2 Å². The quantitative estimate of drug-likeness (QED) is 0.396. The van der Waals surface area contributed by atoms with Gasteiger partial charge in [0, 0.05) is 6.07 Å². The second-order valence-corrected chi connectivity index (χ2v) is 2.21. The Morgan fingerprint density at radius 3 is 2.77 bits per heavy atom. The second-order valence-electron chi connectivity index (χ2n) is 2.21. The van der Waals surface area contributed by atoms with Crippen molar-refractivity contribution in [3.63, 3.8) is 0 Å². The molecule has 1 aromatic carbocycles. The van der Waals surface area contributed by atoms with Crippen molar-refractivity contribution >= 4 is 11.4 Å². The predicted octanol–water partition coefficient (Wildman–Crippen LogP) is 2.09. The molecule has 6 heteroatoms. The average Bonchev–Trinajstić information content (AvgIpc) is 2.16. The highest BCUT2D eigenvalue weighted by atomic mass is 16.6. The van der Waals surface area contributed by atoms with Crippen LogP contribution in [0, 0.1) is 15.5 Å². The second kappa shape index (κ2) is 3.49. The van der Waals surface area contributed by atoms with Gasteiger partial charge in [-0.15, -0.1) is 0 Å². The Kier molecular flexibility index (Phi) is 2.40. The van der Waals surface area contributed by atoms with E-state index in [1.807, 2.05) is 0 Å². The number of methoxy groups -OCH3 is 1. The summed E-state index contributed by atoms with van der Waals surface area (Å²) in [6.45, 7) is 0. The zero-order valence-electron chi connectivity index (χ0n) is 6.80. The van der Waals surface area contributed by atoms with E-state index in [0.717, 1.165) is 6.07 Å². The van der Waals surface area contributed by atoms with Crippen molar-refractivity contribution in [3.05, 3.63) is 33.3 Å². The van der Waals surface area contributed by atoms with Crippen molar-refractivity contribution in [2.45, 2.75) is 0 Å². The van der Waals surface area contributed by atoms with Gasteiger partial charge in [0.25, 0.3) is 5.69 Å². The van der Waals surface area contributed by atoms with Crippen LogP contribution >= 0.6 is 0 Å². The zero-order valence-corrected chi connectivity index (χ0v) is 6.80. The molecule has 6 nitrogen and oxygen atoms in total. The number of nitrogens with zero attached hydrogens (tertiary/aromatic N) is 3. The van der Waals surface area contributed by atoms with Crippen molar-refractivity contribution in [2.75, 3.05) is 7.11 Å². The Labute approximate surface area is 73.5 Å². The summed E-state index contributed by atoms with van der Waals surface area (Å²) in [5.74, 6) is 0.285. The summed E-state index contributed by atoms with van der Waals surface area (Å²) in [6, 6.07) is 3.76. The van der Waals surface area contributed by atoms with E-state index in [4.69, 9.17) is 10.1 Å². The fourth-order valence-electron chi connectivity index (χ4n) is 0.870. The van der Waals surface area contributed by atoms with Crippen molar-refractivity contribution in [1.29, 1.82) is 5.39 Å². The monoisotopic (exact) mass is 180 g/mol.